The fourth-order valence-electron chi connectivity index (χ4n) is 4.05. The molecule has 138 valence electrons. The second-order valence-electron chi connectivity index (χ2n) is 7.35. The molecule has 2 atom stereocenters. The first-order valence-electron chi connectivity index (χ1n) is 9.39. The zero-order valence-electron chi connectivity index (χ0n) is 14.7. The van der Waals surface area contributed by atoms with Gasteiger partial charge in [0.25, 0.3) is 0 Å². The Bertz CT molecular complexity index is 818. The SMILES string of the molecule is N[C@@H]1CCC[C@H](C(=O)Nc2cc(-c3cnn4c3CCCC4)c(F)cn2)C1. The number of aryl methyl sites for hydroxylation is 1. The van der Waals surface area contributed by atoms with E-state index >= 15 is 0 Å². The first kappa shape index (κ1) is 17.1. The number of rotatable bonds is 3. The van der Waals surface area contributed by atoms with Gasteiger partial charge in [0.1, 0.15) is 11.6 Å². The minimum Gasteiger partial charge on any atom is -0.328 e. The Morgan fingerprint density at radius 1 is 1.23 bits per heavy atom. The summed E-state index contributed by atoms with van der Waals surface area (Å²) in [4.78, 5) is 16.6. The highest BCUT2D eigenvalue weighted by atomic mass is 19.1. The maximum Gasteiger partial charge on any atom is 0.228 e. The molecule has 1 aliphatic heterocycles. The molecule has 0 spiro atoms. The van der Waals surface area contributed by atoms with Crippen LogP contribution in [0.25, 0.3) is 11.1 Å². The van der Waals surface area contributed by atoms with Crippen molar-refractivity contribution in [2.45, 2.75) is 57.5 Å². The lowest BCUT2D eigenvalue weighted by atomic mass is 9.85. The molecule has 4 rings (SSSR count). The highest BCUT2D eigenvalue weighted by Gasteiger charge is 2.26. The Hall–Kier alpha value is -2.28. The van der Waals surface area contributed by atoms with E-state index in [1.165, 1.54) is 6.20 Å². The van der Waals surface area contributed by atoms with E-state index in [1.807, 2.05) is 4.68 Å². The topological polar surface area (TPSA) is 85.8 Å². The lowest BCUT2D eigenvalue weighted by Gasteiger charge is -2.25. The van der Waals surface area contributed by atoms with Crippen molar-refractivity contribution in [3.05, 3.63) is 30.0 Å². The predicted molar refractivity (Wildman–Crippen MR) is 96.9 cm³/mol. The van der Waals surface area contributed by atoms with Crippen molar-refractivity contribution >= 4 is 11.7 Å². The van der Waals surface area contributed by atoms with Gasteiger partial charge in [0, 0.05) is 35.3 Å². The van der Waals surface area contributed by atoms with E-state index in [2.05, 4.69) is 15.4 Å². The zero-order chi connectivity index (χ0) is 18.1. The Morgan fingerprint density at radius 2 is 2.12 bits per heavy atom. The smallest absolute Gasteiger partial charge is 0.228 e. The summed E-state index contributed by atoms with van der Waals surface area (Å²) >= 11 is 0. The molecule has 0 unspecified atom stereocenters. The van der Waals surface area contributed by atoms with Gasteiger partial charge in [-0.1, -0.05) is 6.42 Å². The summed E-state index contributed by atoms with van der Waals surface area (Å²) in [5, 5.41) is 7.22. The van der Waals surface area contributed by atoms with E-state index in [0.717, 1.165) is 56.3 Å². The average molecular weight is 357 g/mol. The summed E-state index contributed by atoms with van der Waals surface area (Å²) in [5.41, 5.74) is 8.26. The minimum absolute atomic E-state index is 0.0789. The largest absolute Gasteiger partial charge is 0.328 e. The summed E-state index contributed by atoms with van der Waals surface area (Å²) in [5.74, 6) is -0.203. The Labute approximate surface area is 152 Å². The van der Waals surface area contributed by atoms with Crippen molar-refractivity contribution < 1.29 is 9.18 Å². The number of pyridine rings is 1. The average Bonchev–Trinajstić information content (AvgIpc) is 3.07. The molecular weight excluding hydrogens is 333 g/mol. The van der Waals surface area contributed by atoms with Gasteiger partial charge in [0.15, 0.2) is 0 Å². The monoisotopic (exact) mass is 357 g/mol. The van der Waals surface area contributed by atoms with Crippen LogP contribution in [0.4, 0.5) is 10.2 Å². The molecular formula is C19H24FN5O. The summed E-state index contributed by atoms with van der Waals surface area (Å²) in [6, 6.07) is 1.69. The van der Waals surface area contributed by atoms with Gasteiger partial charge in [-0.25, -0.2) is 9.37 Å². The molecule has 0 saturated heterocycles. The molecule has 3 N–H and O–H groups in total. The summed E-state index contributed by atoms with van der Waals surface area (Å²) in [7, 11) is 0. The lowest BCUT2D eigenvalue weighted by molar-refractivity contribution is -0.120. The van der Waals surface area contributed by atoms with Gasteiger partial charge in [-0.2, -0.15) is 5.10 Å². The maximum atomic E-state index is 14.4. The van der Waals surface area contributed by atoms with Crippen LogP contribution in [0, 0.1) is 11.7 Å². The predicted octanol–water partition coefficient (Wildman–Crippen LogP) is 2.88. The van der Waals surface area contributed by atoms with E-state index in [9.17, 15) is 9.18 Å². The third kappa shape index (κ3) is 3.35. The standard InChI is InChI=1S/C19H24FN5O/c20-16-11-22-18(24-19(26)12-4-3-5-13(21)8-12)9-14(16)15-10-23-25-7-2-1-6-17(15)25/h9-13H,1-8,21H2,(H,22,24,26)/t12-,13+/m0/s1. The van der Waals surface area contributed by atoms with Crippen molar-refractivity contribution in [3.63, 3.8) is 0 Å². The van der Waals surface area contributed by atoms with Crippen LogP contribution in [0.2, 0.25) is 0 Å². The van der Waals surface area contributed by atoms with Crippen LogP contribution in [0.5, 0.6) is 0 Å². The molecule has 2 aromatic rings. The molecule has 2 aliphatic rings. The highest BCUT2D eigenvalue weighted by molar-refractivity contribution is 5.92. The molecule has 0 aromatic carbocycles. The van der Waals surface area contributed by atoms with E-state index < -0.39 is 5.82 Å². The van der Waals surface area contributed by atoms with Crippen molar-refractivity contribution in [1.29, 1.82) is 0 Å². The van der Waals surface area contributed by atoms with E-state index in [1.54, 1.807) is 12.3 Å². The third-order valence-corrected chi connectivity index (χ3v) is 5.46. The number of nitrogens with one attached hydrogen (secondary N) is 1. The molecule has 2 aromatic heterocycles. The summed E-state index contributed by atoms with van der Waals surface area (Å²) < 4.78 is 16.4. The van der Waals surface area contributed by atoms with Gasteiger partial charge in [-0.3, -0.25) is 9.48 Å². The molecule has 26 heavy (non-hydrogen) atoms. The van der Waals surface area contributed by atoms with Crippen LogP contribution < -0.4 is 11.1 Å². The molecule has 1 saturated carbocycles. The maximum absolute atomic E-state index is 14.4. The van der Waals surface area contributed by atoms with E-state index in [-0.39, 0.29) is 17.9 Å². The molecule has 1 aliphatic carbocycles. The van der Waals surface area contributed by atoms with Crippen molar-refractivity contribution in [2.24, 2.45) is 11.7 Å². The number of carbonyl (C=O) groups is 1. The van der Waals surface area contributed by atoms with Crippen LogP contribution in [0.1, 0.15) is 44.2 Å². The van der Waals surface area contributed by atoms with Gasteiger partial charge in [-0.05, 0) is 44.6 Å². The highest BCUT2D eigenvalue weighted by Crippen LogP contribution is 2.31. The number of nitrogens with zero attached hydrogens (tertiary/aromatic N) is 3. The Balaban J connectivity index is 1.57. The molecule has 3 heterocycles. The first-order chi connectivity index (χ1) is 12.6. The van der Waals surface area contributed by atoms with Crippen LogP contribution in [-0.2, 0) is 17.8 Å². The molecule has 1 fully saturated rings. The number of anilines is 1. The zero-order valence-corrected chi connectivity index (χ0v) is 14.7. The first-order valence-corrected chi connectivity index (χ1v) is 9.39. The van der Waals surface area contributed by atoms with Gasteiger partial charge < -0.3 is 11.1 Å². The molecule has 6 nitrogen and oxygen atoms in total. The Kier molecular flexibility index (Phi) is 4.72. The number of carbonyl (C=O) groups excluding carboxylic acids is 1. The number of amides is 1. The Morgan fingerprint density at radius 3 is 2.96 bits per heavy atom. The molecule has 0 bridgehead atoms. The number of halogens is 1. The van der Waals surface area contributed by atoms with Crippen LogP contribution in [-0.4, -0.2) is 26.7 Å². The van der Waals surface area contributed by atoms with Gasteiger partial charge in [0.05, 0.1) is 12.4 Å². The summed E-state index contributed by atoms with van der Waals surface area (Å²) in [6.07, 6.45) is 9.41. The van der Waals surface area contributed by atoms with Gasteiger partial charge in [-0.15, -0.1) is 0 Å². The van der Waals surface area contributed by atoms with Crippen molar-refractivity contribution in [2.75, 3.05) is 5.32 Å². The van der Waals surface area contributed by atoms with Crippen LogP contribution in [0.3, 0.4) is 0 Å². The number of nitrogens with two attached hydrogens (primary N) is 1. The fourth-order valence-corrected chi connectivity index (χ4v) is 4.05. The fraction of sp³-hybridized carbons (Fsp3) is 0.526. The normalized spacial score (nSPS) is 22.7. The minimum atomic E-state index is -0.399. The number of hydrogen-bond donors (Lipinski definition) is 2. The third-order valence-electron chi connectivity index (χ3n) is 5.46. The van der Waals surface area contributed by atoms with E-state index in [0.29, 0.717) is 17.8 Å². The van der Waals surface area contributed by atoms with Gasteiger partial charge in [0.2, 0.25) is 5.91 Å². The van der Waals surface area contributed by atoms with Crippen LogP contribution in [0.15, 0.2) is 18.5 Å². The number of hydrogen-bond acceptors (Lipinski definition) is 4. The quantitative estimate of drug-likeness (QED) is 0.884. The summed E-state index contributed by atoms with van der Waals surface area (Å²) in [6.45, 7) is 0.869. The van der Waals surface area contributed by atoms with Crippen molar-refractivity contribution in [1.82, 2.24) is 14.8 Å². The van der Waals surface area contributed by atoms with Gasteiger partial charge >= 0.3 is 0 Å². The second kappa shape index (κ2) is 7.15. The second-order valence-corrected chi connectivity index (χ2v) is 7.35. The number of fused-ring (bicyclic) bond motifs is 1. The van der Waals surface area contributed by atoms with Crippen LogP contribution >= 0.6 is 0 Å². The molecule has 7 heteroatoms. The van der Waals surface area contributed by atoms with E-state index in [4.69, 9.17) is 5.73 Å². The molecule has 0 radical (unpaired) electrons. The van der Waals surface area contributed by atoms with Crippen molar-refractivity contribution in [3.8, 4) is 11.1 Å². The lowest BCUT2D eigenvalue weighted by Crippen LogP contribution is -2.34. The molecule has 1 amide bonds. The number of aromatic nitrogens is 3.